The third-order valence-corrected chi connectivity index (χ3v) is 12.8. The molecule has 7 atom stereocenters. The van der Waals surface area contributed by atoms with Crippen LogP contribution >= 0.6 is 0 Å². The summed E-state index contributed by atoms with van der Waals surface area (Å²) in [5.74, 6) is 3.51. The van der Waals surface area contributed by atoms with Gasteiger partial charge in [0.05, 0.1) is 0 Å². The largest absolute Gasteiger partial charge is 0.0676 e. The van der Waals surface area contributed by atoms with Gasteiger partial charge in [-0.15, -0.1) is 0 Å². The van der Waals surface area contributed by atoms with Gasteiger partial charge in [0.25, 0.3) is 0 Å². The van der Waals surface area contributed by atoms with E-state index in [1.165, 1.54) is 70.6 Å². The molecular formula is C30H50. The molecule has 5 aliphatic rings. The van der Waals surface area contributed by atoms with Crippen LogP contribution in [0.15, 0.2) is 11.1 Å². The van der Waals surface area contributed by atoms with E-state index in [1.807, 2.05) is 11.1 Å². The Morgan fingerprint density at radius 1 is 0.700 bits per heavy atom. The van der Waals surface area contributed by atoms with Crippen molar-refractivity contribution in [1.82, 2.24) is 0 Å². The third kappa shape index (κ3) is 2.52. The van der Waals surface area contributed by atoms with E-state index < -0.39 is 0 Å². The lowest BCUT2D eigenvalue weighted by atomic mass is 9.33. The monoisotopic (exact) mass is 410 g/mol. The molecule has 30 heavy (non-hydrogen) atoms. The lowest BCUT2D eigenvalue weighted by Gasteiger charge is -2.71. The van der Waals surface area contributed by atoms with Crippen LogP contribution in [-0.2, 0) is 0 Å². The van der Waals surface area contributed by atoms with E-state index in [4.69, 9.17) is 0 Å². The second-order valence-corrected chi connectivity index (χ2v) is 14.6. The maximum absolute atomic E-state index is 2.79. The highest BCUT2D eigenvalue weighted by Gasteiger charge is 2.68. The van der Waals surface area contributed by atoms with Crippen molar-refractivity contribution >= 4 is 0 Å². The van der Waals surface area contributed by atoms with Crippen molar-refractivity contribution in [3.8, 4) is 0 Å². The highest BCUT2D eigenvalue weighted by molar-refractivity contribution is 5.36. The first-order valence-electron chi connectivity index (χ1n) is 13.6. The van der Waals surface area contributed by atoms with Gasteiger partial charge in [-0.3, -0.25) is 0 Å². The Balaban J connectivity index is 1.58. The molecule has 0 nitrogen and oxygen atoms in total. The minimum atomic E-state index is 0.519. The number of hydrogen-bond acceptors (Lipinski definition) is 0. The summed E-state index contributed by atoms with van der Waals surface area (Å²) in [5.41, 5.74) is 6.58. The molecule has 0 unspecified atom stereocenters. The summed E-state index contributed by atoms with van der Waals surface area (Å²) in [6.45, 7) is 21.1. The topological polar surface area (TPSA) is 0 Å². The molecule has 0 saturated heterocycles. The highest BCUT2D eigenvalue weighted by atomic mass is 14.7. The molecule has 0 heterocycles. The fraction of sp³-hybridized carbons (Fsp3) is 0.933. The quantitative estimate of drug-likeness (QED) is 0.378. The smallest absolute Gasteiger partial charge is 0.0107 e. The zero-order valence-corrected chi connectivity index (χ0v) is 21.6. The molecule has 0 amide bonds. The Kier molecular flexibility index (Phi) is 4.61. The van der Waals surface area contributed by atoms with E-state index in [2.05, 4.69) is 55.4 Å². The number of rotatable bonds is 1. The average Bonchev–Trinajstić information content (AvgIpc) is 2.99. The summed E-state index contributed by atoms with van der Waals surface area (Å²) < 4.78 is 0. The van der Waals surface area contributed by atoms with Crippen LogP contribution in [0.4, 0.5) is 0 Å². The van der Waals surface area contributed by atoms with Gasteiger partial charge in [0.1, 0.15) is 0 Å². The zero-order valence-electron chi connectivity index (χ0n) is 21.6. The van der Waals surface area contributed by atoms with Crippen LogP contribution in [-0.4, -0.2) is 0 Å². The molecule has 170 valence electrons. The van der Waals surface area contributed by atoms with Crippen molar-refractivity contribution in [3.05, 3.63) is 11.1 Å². The molecular weight excluding hydrogens is 360 g/mol. The Morgan fingerprint density at radius 3 is 2.13 bits per heavy atom. The lowest BCUT2D eigenvalue weighted by Crippen LogP contribution is -2.64. The second kappa shape index (κ2) is 6.41. The standard InChI is InChI=1S/C30H50/c1-20(2)21-12-16-27(5)18-19-29(7)22(25(21)27)10-11-24-28(6)15-9-14-26(3,4)23(28)13-17-30(24,29)8/h20,22-24H,9-19H2,1-8H3/t22-,23+,24-,27-,28+,29-,30-/m1/s1. The predicted molar refractivity (Wildman–Crippen MR) is 129 cm³/mol. The van der Waals surface area contributed by atoms with E-state index >= 15 is 0 Å². The van der Waals surface area contributed by atoms with Gasteiger partial charge in [0.2, 0.25) is 0 Å². The van der Waals surface area contributed by atoms with Crippen LogP contribution in [0.2, 0.25) is 0 Å². The lowest BCUT2D eigenvalue weighted by molar-refractivity contribution is -0.211. The zero-order chi connectivity index (χ0) is 21.7. The molecule has 4 saturated carbocycles. The van der Waals surface area contributed by atoms with E-state index in [-0.39, 0.29) is 0 Å². The molecule has 0 aromatic carbocycles. The first kappa shape index (κ1) is 21.6. The van der Waals surface area contributed by atoms with Crippen molar-refractivity contribution < 1.29 is 0 Å². The number of hydrogen-bond donors (Lipinski definition) is 0. The first-order valence-corrected chi connectivity index (χ1v) is 13.6. The average molecular weight is 411 g/mol. The molecule has 0 bridgehead atoms. The van der Waals surface area contributed by atoms with Crippen LogP contribution in [0.1, 0.15) is 126 Å². The second-order valence-electron chi connectivity index (χ2n) is 14.6. The maximum Gasteiger partial charge on any atom is -0.0107 e. The molecule has 0 aromatic heterocycles. The van der Waals surface area contributed by atoms with Gasteiger partial charge < -0.3 is 0 Å². The van der Waals surface area contributed by atoms with Gasteiger partial charge in [0, 0.05) is 0 Å². The molecule has 0 radical (unpaired) electrons. The normalized spacial score (nSPS) is 52.5. The van der Waals surface area contributed by atoms with E-state index in [9.17, 15) is 0 Å². The van der Waals surface area contributed by atoms with Crippen molar-refractivity contribution in [1.29, 1.82) is 0 Å². The molecule has 5 rings (SSSR count). The van der Waals surface area contributed by atoms with E-state index in [0.717, 1.165) is 23.7 Å². The fourth-order valence-electron chi connectivity index (χ4n) is 11.1. The van der Waals surface area contributed by atoms with Gasteiger partial charge in [0.15, 0.2) is 0 Å². The molecule has 5 aliphatic carbocycles. The predicted octanol–water partition coefficient (Wildman–Crippen LogP) is 9.20. The summed E-state index contributed by atoms with van der Waals surface area (Å²) in [6.07, 6.45) is 16.2. The van der Waals surface area contributed by atoms with Gasteiger partial charge in [-0.1, -0.05) is 73.0 Å². The third-order valence-electron chi connectivity index (χ3n) is 12.8. The Hall–Kier alpha value is -0.260. The minimum Gasteiger partial charge on any atom is -0.0676 e. The van der Waals surface area contributed by atoms with Crippen molar-refractivity contribution in [3.63, 3.8) is 0 Å². The molecule has 0 spiro atoms. The molecule has 0 aromatic rings. The minimum absolute atomic E-state index is 0.519. The van der Waals surface area contributed by atoms with E-state index in [1.54, 1.807) is 0 Å². The van der Waals surface area contributed by atoms with Gasteiger partial charge >= 0.3 is 0 Å². The first-order chi connectivity index (χ1) is 13.9. The van der Waals surface area contributed by atoms with Gasteiger partial charge in [-0.2, -0.15) is 0 Å². The van der Waals surface area contributed by atoms with E-state index in [0.29, 0.717) is 27.1 Å². The number of allylic oxidation sites excluding steroid dienone is 2. The van der Waals surface area contributed by atoms with Crippen molar-refractivity contribution in [2.24, 2.45) is 50.7 Å². The summed E-state index contributed by atoms with van der Waals surface area (Å²) in [7, 11) is 0. The Morgan fingerprint density at radius 2 is 1.43 bits per heavy atom. The Labute approximate surface area is 188 Å². The van der Waals surface area contributed by atoms with Crippen LogP contribution < -0.4 is 0 Å². The molecule has 0 heteroatoms. The van der Waals surface area contributed by atoms with Crippen molar-refractivity contribution in [2.45, 2.75) is 126 Å². The summed E-state index contributed by atoms with van der Waals surface area (Å²) >= 11 is 0. The van der Waals surface area contributed by atoms with Crippen LogP contribution in [0.3, 0.4) is 0 Å². The molecule has 4 fully saturated rings. The number of fused-ring (bicyclic) bond motifs is 7. The summed E-state index contributed by atoms with van der Waals surface area (Å²) in [6, 6.07) is 0. The maximum atomic E-state index is 2.79. The van der Waals surface area contributed by atoms with Crippen LogP contribution in [0, 0.1) is 50.7 Å². The van der Waals surface area contributed by atoms with Crippen LogP contribution in [0.25, 0.3) is 0 Å². The highest BCUT2D eigenvalue weighted by Crippen LogP contribution is 2.76. The summed E-state index contributed by atoms with van der Waals surface area (Å²) in [5, 5.41) is 0. The van der Waals surface area contributed by atoms with Gasteiger partial charge in [-0.05, 0) is 115 Å². The Bertz CT molecular complexity index is 754. The molecule has 0 aliphatic heterocycles. The van der Waals surface area contributed by atoms with Gasteiger partial charge in [-0.25, -0.2) is 0 Å². The molecule has 0 N–H and O–H groups in total. The summed E-state index contributed by atoms with van der Waals surface area (Å²) in [4.78, 5) is 0. The fourth-order valence-corrected chi connectivity index (χ4v) is 11.1. The van der Waals surface area contributed by atoms with Crippen molar-refractivity contribution in [2.75, 3.05) is 0 Å². The SMILES string of the molecule is CC(C)C1=C2[C@H]3CC[C@@H]4[C@@]5(C)CCCC(C)(C)[C@@H]5CC[C@@]4(C)[C@]3(C)CC[C@@]2(C)CC1. The van der Waals surface area contributed by atoms with Crippen LogP contribution in [0.5, 0.6) is 0 Å².